The van der Waals surface area contributed by atoms with E-state index in [1.807, 2.05) is 0 Å². The van der Waals surface area contributed by atoms with Crippen molar-refractivity contribution < 1.29 is 23.1 Å². The van der Waals surface area contributed by atoms with Crippen molar-refractivity contribution in [3.63, 3.8) is 0 Å². The molecule has 10 nitrogen and oxygen atoms in total. The summed E-state index contributed by atoms with van der Waals surface area (Å²) in [6, 6.07) is -0.826. The molecular formula is C11H15N5O5S. The number of amides is 2. The Kier molecular flexibility index (Phi) is 4.88. The third-order valence-electron chi connectivity index (χ3n) is 2.79. The Hall–Kier alpha value is -2.27. The van der Waals surface area contributed by atoms with Gasteiger partial charge in [-0.1, -0.05) is 0 Å². The predicted molar refractivity (Wildman–Crippen MR) is 77.1 cm³/mol. The van der Waals surface area contributed by atoms with Crippen LogP contribution in [0.4, 0.5) is 4.79 Å². The van der Waals surface area contributed by atoms with Gasteiger partial charge in [-0.2, -0.15) is 15.0 Å². The van der Waals surface area contributed by atoms with Crippen LogP contribution in [0.2, 0.25) is 0 Å². The van der Waals surface area contributed by atoms with Crippen LogP contribution in [0.1, 0.15) is 29.4 Å². The lowest BCUT2D eigenvalue weighted by Crippen LogP contribution is -2.47. The van der Waals surface area contributed by atoms with Gasteiger partial charge < -0.3 is 4.74 Å². The molecule has 1 aliphatic rings. The number of aromatic nitrogens is 2. The van der Waals surface area contributed by atoms with E-state index in [2.05, 4.69) is 10.2 Å². The molecule has 0 aliphatic carbocycles. The van der Waals surface area contributed by atoms with Gasteiger partial charge in [-0.15, -0.1) is 4.41 Å². The van der Waals surface area contributed by atoms with Crippen LogP contribution in [0.15, 0.2) is 11.3 Å². The molecule has 1 aromatic heterocycles. The maximum atomic E-state index is 12.2. The number of rotatable bonds is 4. The number of esters is 1. The van der Waals surface area contributed by atoms with Gasteiger partial charge in [0.05, 0.1) is 25.0 Å². The molecule has 1 aliphatic heterocycles. The molecule has 0 saturated heterocycles. The van der Waals surface area contributed by atoms with Gasteiger partial charge in [0.15, 0.2) is 0 Å². The molecule has 2 rings (SSSR count). The van der Waals surface area contributed by atoms with E-state index in [0.29, 0.717) is 17.4 Å². The molecule has 0 aromatic carbocycles. The Labute approximate surface area is 128 Å². The SMILES string of the molecule is CCOC(=O)c1cn(N(C(=O)N2CCC=N2)S(=O)O)nc1C. The number of hydrazone groups is 1. The van der Waals surface area contributed by atoms with Gasteiger partial charge in [0.1, 0.15) is 5.56 Å². The van der Waals surface area contributed by atoms with Crippen molar-refractivity contribution in [1.29, 1.82) is 0 Å². The number of carbonyl (C=O) groups is 2. The number of urea groups is 1. The molecular weight excluding hydrogens is 314 g/mol. The minimum absolute atomic E-state index is 0.107. The summed E-state index contributed by atoms with van der Waals surface area (Å²) in [5, 5.41) is 8.75. The first-order chi connectivity index (χ1) is 10.5. The first-order valence-corrected chi connectivity index (χ1v) is 7.50. The van der Waals surface area contributed by atoms with Crippen LogP contribution in [-0.4, -0.2) is 55.0 Å². The summed E-state index contributed by atoms with van der Waals surface area (Å²) in [5.74, 6) is -0.624. The molecule has 1 unspecified atom stereocenters. The normalized spacial score (nSPS) is 15.0. The number of ether oxygens (including phenoxy) is 1. The van der Waals surface area contributed by atoms with Crippen LogP contribution in [0.3, 0.4) is 0 Å². The average molecular weight is 329 g/mol. The van der Waals surface area contributed by atoms with Gasteiger partial charge in [-0.3, -0.25) is 4.55 Å². The average Bonchev–Trinajstić information content (AvgIpc) is 3.08. The number of hydrogen-bond acceptors (Lipinski definition) is 6. The summed E-state index contributed by atoms with van der Waals surface area (Å²) in [7, 11) is 0. The van der Waals surface area contributed by atoms with E-state index in [1.54, 1.807) is 6.92 Å². The summed E-state index contributed by atoms with van der Waals surface area (Å²) in [4.78, 5) is 24.8. The molecule has 1 atom stereocenters. The fourth-order valence-corrected chi connectivity index (χ4v) is 2.27. The van der Waals surface area contributed by atoms with E-state index in [0.717, 1.165) is 9.80 Å². The smallest absolute Gasteiger partial charge is 0.375 e. The van der Waals surface area contributed by atoms with Crippen LogP contribution in [-0.2, 0) is 16.0 Å². The molecule has 0 saturated carbocycles. The highest BCUT2D eigenvalue weighted by Crippen LogP contribution is 2.11. The maximum absolute atomic E-state index is 12.2. The fourth-order valence-electron chi connectivity index (χ4n) is 1.81. The molecule has 1 aromatic rings. The summed E-state index contributed by atoms with van der Waals surface area (Å²) in [5.41, 5.74) is 0.377. The van der Waals surface area contributed by atoms with Crippen LogP contribution >= 0.6 is 0 Å². The Morgan fingerprint density at radius 3 is 2.82 bits per heavy atom. The van der Waals surface area contributed by atoms with Crippen molar-refractivity contribution in [3.05, 3.63) is 17.5 Å². The Bertz CT molecular complexity index is 643. The van der Waals surface area contributed by atoms with Crippen molar-refractivity contribution in [2.75, 3.05) is 17.6 Å². The van der Waals surface area contributed by atoms with Gasteiger partial charge >= 0.3 is 12.0 Å². The molecule has 0 radical (unpaired) electrons. The van der Waals surface area contributed by atoms with Crippen LogP contribution in [0.5, 0.6) is 0 Å². The molecule has 2 heterocycles. The summed E-state index contributed by atoms with van der Waals surface area (Å²) in [6.45, 7) is 3.67. The first kappa shape index (κ1) is 16.1. The van der Waals surface area contributed by atoms with E-state index in [-0.39, 0.29) is 17.9 Å². The van der Waals surface area contributed by atoms with Crippen molar-refractivity contribution >= 4 is 29.5 Å². The Morgan fingerprint density at radius 1 is 1.55 bits per heavy atom. The number of carbonyl (C=O) groups excluding carboxylic acids is 2. The zero-order valence-electron chi connectivity index (χ0n) is 12.0. The van der Waals surface area contributed by atoms with Crippen LogP contribution in [0, 0.1) is 6.92 Å². The number of hydrogen-bond donors (Lipinski definition) is 1. The Morgan fingerprint density at radius 2 is 2.27 bits per heavy atom. The van der Waals surface area contributed by atoms with E-state index >= 15 is 0 Å². The first-order valence-electron chi connectivity index (χ1n) is 6.44. The van der Waals surface area contributed by atoms with Crippen molar-refractivity contribution in [3.8, 4) is 0 Å². The topological polar surface area (TPSA) is 117 Å². The molecule has 120 valence electrons. The Balaban J connectivity index is 2.31. The van der Waals surface area contributed by atoms with E-state index < -0.39 is 23.3 Å². The molecule has 0 spiro atoms. The molecule has 0 fully saturated rings. The van der Waals surface area contributed by atoms with Crippen molar-refractivity contribution in [2.24, 2.45) is 5.10 Å². The summed E-state index contributed by atoms with van der Waals surface area (Å²) >= 11 is -2.68. The second kappa shape index (κ2) is 6.66. The standard InChI is InChI=1S/C11H15N5O5S/c1-3-21-10(17)9-7-15(13-8(9)2)16(22(19)20)11(18)14-6-4-5-12-14/h5,7H,3-4,6H2,1-2H3,(H,19,20). The lowest BCUT2D eigenvalue weighted by Gasteiger charge is -2.21. The van der Waals surface area contributed by atoms with Gasteiger partial charge in [-0.05, 0) is 13.8 Å². The van der Waals surface area contributed by atoms with Crippen LogP contribution in [0.25, 0.3) is 0 Å². The molecule has 11 heteroatoms. The van der Waals surface area contributed by atoms with E-state index in [9.17, 15) is 18.4 Å². The molecule has 2 amide bonds. The third kappa shape index (κ3) is 3.14. The highest BCUT2D eigenvalue weighted by Gasteiger charge is 2.30. The monoisotopic (exact) mass is 329 g/mol. The van der Waals surface area contributed by atoms with Gasteiger partial charge in [0.25, 0.3) is 11.3 Å². The predicted octanol–water partition coefficient (Wildman–Crippen LogP) is 0.254. The summed E-state index contributed by atoms with van der Waals surface area (Å²) < 4.78 is 26.2. The fraction of sp³-hybridized carbons (Fsp3) is 0.455. The number of nitrogens with zero attached hydrogens (tertiary/aromatic N) is 5. The zero-order valence-corrected chi connectivity index (χ0v) is 12.8. The minimum atomic E-state index is -2.68. The minimum Gasteiger partial charge on any atom is -0.462 e. The van der Waals surface area contributed by atoms with Gasteiger partial charge in [-0.25, -0.2) is 18.8 Å². The molecule has 0 bridgehead atoms. The lowest BCUT2D eigenvalue weighted by atomic mass is 10.3. The van der Waals surface area contributed by atoms with E-state index in [4.69, 9.17) is 4.74 Å². The maximum Gasteiger partial charge on any atom is 0.375 e. The van der Waals surface area contributed by atoms with Crippen molar-refractivity contribution in [1.82, 2.24) is 14.9 Å². The van der Waals surface area contributed by atoms with E-state index in [1.165, 1.54) is 19.3 Å². The number of aryl methyl sites for hydroxylation is 1. The summed E-state index contributed by atoms with van der Waals surface area (Å²) in [6.07, 6.45) is 3.25. The van der Waals surface area contributed by atoms with Gasteiger partial charge in [0.2, 0.25) is 0 Å². The zero-order chi connectivity index (χ0) is 16.3. The molecule has 22 heavy (non-hydrogen) atoms. The second-order valence-corrected chi connectivity index (χ2v) is 5.07. The van der Waals surface area contributed by atoms with Crippen LogP contribution < -0.4 is 4.41 Å². The molecule has 1 N–H and O–H groups in total. The largest absolute Gasteiger partial charge is 0.462 e. The van der Waals surface area contributed by atoms with Crippen molar-refractivity contribution in [2.45, 2.75) is 20.3 Å². The lowest BCUT2D eigenvalue weighted by molar-refractivity contribution is 0.0525. The quantitative estimate of drug-likeness (QED) is 0.625. The second-order valence-electron chi connectivity index (χ2n) is 4.27. The highest BCUT2D eigenvalue weighted by molar-refractivity contribution is 7.81. The third-order valence-corrected chi connectivity index (χ3v) is 3.41. The van der Waals surface area contributed by atoms with Gasteiger partial charge in [0, 0.05) is 12.6 Å². The highest BCUT2D eigenvalue weighted by atomic mass is 32.2.